The molecule has 1 aromatic rings. The van der Waals surface area contributed by atoms with Crippen molar-refractivity contribution in [2.24, 2.45) is 0 Å². The van der Waals surface area contributed by atoms with Crippen LogP contribution in [-0.4, -0.2) is 31.1 Å². The van der Waals surface area contributed by atoms with Gasteiger partial charge in [0.1, 0.15) is 0 Å². The fraction of sp³-hybridized carbons (Fsp3) is 0.600. The van der Waals surface area contributed by atoms with Crippen LogP contribution in [0, 0.1) is 6.92 Å². The first kappa shape index (κ1) is 13.8. The van der Waals surface area contributed by atoms with Crippen LogP contribution in [0.4, 0.5) is 5.69 Å². The third kappa shape index (κ3) is 3.21. The Morgan fingerprint density at radius 2 is 2.28 bits per heavy atom. The van der Waals surface area contributed by atoms with E-state index in [9.17, 15) is 0 Å². The molecule has 0 amide bonds. The summed E-state index contributed by atoms with van der Waals surface area (Å²) in [7, 11) is 2.23. The van der Waals surface area contributed by atoms with Gasteiger partial charge in [0.2, 0.25) is 0 Å². The predicted octanol–water partition coefficient (Wildman–Crippen LogP) is 3.05. The maximum absolute atomic E-state index is 3.39. The van der Waals surface area contributed by atoms with Crippen molar-refractivity contribution < 1.29 is 0 Å². The van der Waals surface area contributed by atoms with Gasteiger partial charge >= 0.3 is 0 Å². The van der Waals surface area contributed by atoms with Crippen LogP contribution in [0.25, 0.3) is 0 Å². The van der Waals surface area contributed by atoms with Crippen molar-refractivity contribution in [3.05, 3.63) is 29.3 Å². The Morgan fingerprint density at radius 1 is 1.44 bits per heavy atom. The number of benzene rings is 1. The summed E-state index contributed by atoms with van der Waals surface area (Å²) in [5, 5.41) is 3.39. The molecule has 1 aliphatic rings. The van der Waals surface area contributed by atoms with Gasteiger partial charge in [0.25, 0.3) is 0 Å². The van der Waals surface area contributed by atoms with E-state index in [-0.39, 0.29) is 0 Å². The molecule has 18 heavy (non-hydrogen) atoms. The molecule has 0 radical (unpaired) electrons. The maximum Gasteiger partial charge on any atom is 0.0385 e. The summed E-state index contributed by atoms with van der Waals surface area (Å²) in [6.45, 7) is 6.37. The first-order valence-electron chi connectivity index (χ1n) is 6.83. The minimum Gasteiger partial charge on any atom is -0.371 e. The molecule has 1 atom stereocenters. The molecule has 1 heterocycles. The van der Waals surface area contributed by atoms with E-state index in [1.807, 2.05) is 0 Å². The van der Waals surface area contributed by atoms with Gasteiger partial charge in [0.05, 0.1) is 0 Å². The van der Waals surface area contributed by atoms with E-state index in [0.29, 0.717) is 6.04 Å². The Labute approximate surface area is 115 Å². The first-order chi connectivity index (χ1) is 8.72. The molecule has 1 fully saturated rings. The number of rotatable bonds is 5. The standard InChI is InChI=1S/C15H24N2S/c1-4-16-10-13-5-6-14(9-12(13)2)17(3)15-7-8-18-11-15/h5-6,9,15-16H,4,7-8,10-11H2,1-3H3. The molecule has 0 aromatic heterocycles. The lowest BCUT2D eigenvalue weighted by Gasteiger charge is -2.26. The highest BCUT2D eigenvalue weighted by Crippen LogP contribution is 2.27. The molecule has 100 valence electrons. The molecule has 1 N–H and O–H groups in total. The van der Waals surface area contributed by atoms with Crippen LogP contribution in [0.2, 0.25) is 0 Å². The zero-order valence-corrected chi connectivity index (χ0v) is 12.5. The molecule has 0 spiro atoms. The quantitative estimate of drug-likeness (QED) is 0.880. The number of hydrogen-bond acceptors (Lipinski definition) is 3. The van der Waals surface area contributed by atoms with Gasteiger partial charge in [-0.25, -0.2) is 0 Å². The number of anilines is 1. The average molecular weight is 264 g/mol. The molecule has 0 bridgehead atoms. The summed E-state index contributed by atoms with van der Waals surface area (Å²) in [5.74, 6) is 2.58. The molecule has 1 saturated heterocycles. The largest absolute Gasteiger partial charge is 0.371 e. The highest BCUT2D eigenvalue weighted by atomic mass is 32.2. The Bertz CT molecular complexity index is 386. The molecule has 2 rings (SSSR count). The zero-order valence-electron chi connectivity index (χ0n) is 11.7. The number of nitrogens with zero attached hydrogens (tertiary/aromatic N) is 1. The van der Waals surface area contributed by atoms with Crippen LogP contribution >= 0.6 is 11.8 Å². The lowest BCUT2D eigenvalue weighted by molar-refractivity contribution is 0.698. The summed E-state index contributed by atoms with van der Waals surface area (Å²) in [6.07, 6.45) is 1.32. The number of thioether (sulfide) groups is 1. The van der Waals surface area contributed by atoms with E-state index in [4.69, 9.17) is 0 Å². The second-order valence-electron chi connectivity index (χ2n) is 5.02. The molecule has 1 aliphatic heterocycles. The molecule has 3 heteroatoms. The second-order valence-corrected chi connectivity index (χ2v) is 6.17. The van der Waals surface area contributed by atoms with Gasteiger partial charge in [-0.15, -0.1) is 0 Å². The average Bonchev–Trinajstić information content (AvgIpc) is 2.90. The smallest absolute Gasteiger partial charge is 0.0385 e. The maximum atomic E-state index is 3.39. The minimum absolute atomic E-state index is 0.717. The van der Waals surface area contributed by atoms with Crippen molar-refractivity contribution in [2.75, 3.05) is 30.0 Å². The van der Waals surface area contributed by atoms with Crippen molar-refractivity contribution in [3.63, 3.8) is 0 Å². The summed E-state index contributed by atoms with van der Waals surface area (Å²) in [5.41, 5.74) is 4.17. The van der Waals surface area contributed by atoms with Gasteiger partial charge in [-0.05, 0) is 48.9 Å². The Hall–Kier alpha value is -0.670. The van der Waals surface area contributed by atoms with Gasteiger partial charge in [-0.1, -0.05) is 13.0 Å². The van der Waals surface area contributed by atoms with Crippen molar-refractivity contribution >= 4 is 17.4 Å². The van der Waals surface area contributed by atoms with E-state index in [1.165, 1.54) is 34.7 Å². The number of nitrogens with one attached hydrogen (secondary N) is 1. The van der Waals surface area contributed by atoms with Crippen LogP contribution < -0.4 is 10.2 Å². The Balaban J connectivity index is 2.07. The van der Waals surface area contributed by atoms with E-state index in [1.54, 1.807) is 0 Å². The lowest BCUT2D eigenvalue weighted by atomic mass is 10.1. The second kappa shape index (κ2) is 6.48. The van der Waals surface area contributed by atoms with Gasteiger partial charge in [0.15, 0.2) is 0 Å². The topological polar surface area (TPSA) is 15.3 Å². The predicted molar refractivity (Wildman–Crippen MR) is 82.7 cm³/mol. The van der Waals surface area contributed by atoms with Crippen LogP contribution in [-0.2, 0) is 6.54 Å². The molecular weight excluding hydrogens is 240 g/mol. The van der Waals surface area contributed by atoms with Crippen LogP contribution in [0.15, 0.2) is 18.2 Å². The molecule has 2 nitrogen and oxygen atoms in total. The molecule has 0 aliphatic carbocycles. The van der Waals surface area contributed by atoms with Crippen molar-refractivity contribution in [1.29, 1.82) is 0 Å². The van der Waals surface area contributed by atoms with E-state index >= 15 is 0 Å². The zero-order chi connectivity index (χ0) is 13.0. The molecule has 0 saturated carbocycles. The SMILES string of the molecule is CCNCc1ccc(N(C)C2CCSC2)cc1C. The summed E-state index contributed by atoms with van der Waals surface area (Å²) in [6, 6.07) is 7.58. The summed E-state index contributed by atoms with van der Waals surface area (Å²) in [4.78, 5) is 2.45. The normalized spacial score (nSPS) is 19.2. The summed E-state index contributed by atoms with van der Waals surface area (Å²) >= 11 is 2.07. The fourth-order valence-corrected chi connectivity index (χ4v) is 3.66. The van der Waals surface area contributed by atoms with Gasteiger partial charge < -0.3 is 10.2 Å². The third-order valence-corrected chi connectivity index (χ3v) is 4.90. The van der Waals surface area contributed by atoms with E-state index in [0.717, 1.165) is 13.1 Å². The highest BCUT2D eigenvalue weighted by Gasteiger charge is 2.20. The van der Waals surface area contributed by atoms with Crippen molar-refractivity contribution in [3.8, 4) is 0 Å². The van der Waals surface area contributed by atoms with Gasteiger partial charge in [-0.2, -0.15) is 11.8 Å². The highest BCUT2D eigenvalue weighted by molar-refractivity contribution is 7.99. The van der Waals surface area contributed by atoms with Crippen molar-refractivity contribution in [1.82, 2.24) is 5.32 Å². The summed E-state index contributed by atoms with van der Waals surface area (Å²) < 4.78 is 0. The third-order valence-electron chi connectivity index (χ3n) is 3.75. The van der Waals surface area contributed by atoms with Crippen LogP contribution in [0.5, 0.6) is 0 Å². The van der Waals surface area contributed by atoms with Crippen molar-refractivity contribution in [2.45, 2.75) is 32.9 Å². The van der Waals surface area contributed by atoms with Crippen LogP contribution in [0.1, 0.15) is 24.5 Å². The lowest BCUT2D eigenvalue weighted by Crippen LogP contribution is -2.31. The Morgan fingerprint density at radius 3 is 2.89 bits per heavy atom. The van der Waals surface area contributed by atoms with Crippen LogP contribution in [0.3, 0.4) is 0 Å². The monoisotopic (exact) mass is 264 g/mol. The molecule has 1 unspecified atom stereocenters. The number of hydrogen-bond donors (Lipinski definition) is 1. The van der Waals surface area contributed by atoms with Gasteiger partial charge in [0, 0.05) is 31.1 Å². The minimum atomic E-state index is 0.717. The number of aryl methyl sites for hydroxylation is 1. The van der Waals surface area contributed by atoms with Gasteiger partial charge in [-0.3, -0.25) is 0 Å². The molecule has 1 aromatic carbocycles. The molecular formula is C15H24N2S. The first-order valence-corrected chi connectivity index (χ1v) is 7.98. The fourth-order valence-electron chi connectivity index (χ4n) is 2.40. The van der Waals surface area contributed by atoms with E-state index < -0.39 is 0 Å². The Kier molecular flexibility index (Phi) is 4.95. The van der Waals surface area contributed by atoms with E-state index in [2.05, 4.69) is 61.1 Å².